The molecule has 56 heavy (non-hydrogen) atoms. The van der Waals surface area contributed by atoms with Crippen molar-refractivity contribution in [1.82, 2.24) is 0 Å². The Morgan fingerprint density at radius 3 is 1.93 bits per heavy atom. The Balaban J connectivity index is 1.09. The predicted octanol–water partition coefficient (Wildman–Crippen LogP) is 15.3. The van der Waals surface area contributed by atoms with Crippen LogP contribution in [0.5, 0.6) is 0 Å². The molecule has 4 saturated carbocycles. The maximum atomic E-state index is 2.64. The Kier molecular flexibility index (Phi) is 6.99. The molecule has 13 rings (SSSR count). The number of benzene rings is 6. The molecule has 278 valence electrons. The first-order valence-corrected chi connectivity index (χ1v) is 22.2. The Morgan fingerprint density at radius 1 is 0.518 bits per heavy atom. The lowest BCUT2D eigenvalue weighted by Crippen LogP contribution is -2.55. The maximum Gasteiger partial charge on any atom is 0.0640 e. The first-order valence-electron chi connectivity index (χ1n) is 21.4. The second-order valence-electron chi connectivity index (χ2n) is 19.5. The fourth-order valence-electron chi connectivity index (χ4n) is 13.4. The normalized spacial score (nSPS) is 26.1. The molecule has 6 aliphatic carbocycles. The van der Waals surface area contributed by atoms with Crippen LogP contribution in [0.15, 0.2) is 127 Å². The van der Waals surface area contributed by atoms with Crippen LogP contribution in [0.1, 0.15) is 94.9 Å². The first-order chi connectivity index (χ1) is 27.2. The highest BCUT2D eigenvalue weighted by Gasteiger charge is 2.62. The SMILES string of the molecule is CC1(C)CCC(C)(C)c2c(-c3ccc(N(c4cccc5c4-c4ccccc4C54C5CC6CC(C5)CC4C6)c4cccc5c4sc4ccccc45)cc3)cccc21. The van der Waals surface area contributed by atoms with Crippen LogP contribution in [0.3, 0.4) is 0 Å². The molecule has 0 N–H and O–H groups in total. The van der Waals surface area contributed by atoms with Gasteiger partial charge in [0, 0.05) is 32.1 Å². The quantitative estimate of drug-likeness (QED) is 0.173. The summed E-state index contributed by atoms with van der Waals surface area (Å²) in [4.78, 5) is 2.64. The molecule has 4 bridgehead atoms. The summed E-state index contributed by atoms with van der Waals surface area (Å²) in [7, 11) is 0. The van der Waals surface area contributed by atoms with E-state index in [1.54, 1.807) is 11.1 Å². The van der Waals surface area contributed by atoms with E-state index in [2.05, 4.69) is 160 Å². The molecule has 0 saturated heterocycles. The predicted molar refractivity (Wildman–Crippen MR) is 238 cm³/mol. The highest BCUT2D eigenvalue weighted by atomic mass is 32.1. The molecule has 0 aliphatic heterocycles. The first kappa shape index (κ1) is 33.5. The van der Waals surface area contributed by atoms with Crippen LogP contribution in [0, 0.1) is 23.7 Å². The second-order valence-corrected chi connectivity index (χ2v) is 20.6. The summed E-state index contributed by atoms with van der Waals surface area (Å²) in [5.74, 6) is 3.33. The number of anilines is 3. The van der Waals surface area contributed by atoms with Gasteiger partial charge in [0.2, 0.25) is 0 Å². The van der Waals surface area contributed by atoms with Gasteiger partial charge < -0.3 is 4.90 Å². The number of fused-ring (bicyclic) bond motifs is 7. The summed E-state index contributed by atoms with van der Waals surface area (Å²) in [6, 6.07) is 49.7. The van der Waals surface area contributed by atoms with E-state index in [1.807, 2.05) is 11.3 Å². The van der Waals surface area contributed by atoms with Crippen LogP contribution < -0.4 is 4.90 Å². The lowest BCUT2D eigenvalue weighted by molar-refractivity contribution is -0.0399. The van der Waals surface area contributed by atoms with Crippen LogP contribution in [-0.2, 0) is 16.2 Å². The number of thiophene rings is 1. The van der Waals surface area contributed by atoms with Crippen molar-refractivity contribution in [1.29, 1.82) is 0 Å². The Bertz CT molecular complexity index is 2700. The van der Waals surface area contributed by atoms with Gasteiger partial charge in [-0.15, -0.1) is 11.3 Å². The van der Waals surface area contributed by atoms with Crippen molar-refractivity contribution < 1.29 is 0 Å². The fourth-order valence-corrected chi connectivity index (χ4v) is 14.7. The Hall–Kier alpha value is -4.66. The zero-order chi connectivity index (χ0) is 37.6. The van der Waals surface area contributed by atoms with Gasteiger partial charge in [-0.25, -0.2) is 0 Å². The van der Waals surface area contributed by atoms with Gasteiger partial charge in [-0.1, -0.05) is 125 Å². The van der Waals surface area contributed by atoms with Gasteiger partial charge in [0.1, 0.15) is 0 Å². The van der Waals surface area contributed by atoms with E-state index in [1.165, 1.54) is 116 Å². The molecule has 1 heterocycles. The van der Waals surface area contributed by atoms with E-state index >= 15 is 0 Å². The van der Waals surface area contributed by atoms with E-state index < -0.39 is 0 Å². The van der Waals surface area contributed by atoms with Crippen molar-refractivity contribution >= 4 is 48.6 Å². The van der Waals surface area contributed by atoms with Crippen molar-refractivity contribution in [2.45, 2.75) is 88.9 Å². The van der Waals surface area contributed by atoms with E-state index in [-0.39, 0.29) is 16.2 Å². The highest BCUT2D eigenvalue weighted by molar-refractivity contribution is 7.26. The minimum Gasteiger partial charge on any atom is -0.308 e. The van der Waals surface area contributed by atoms with Crippen molar-refractivity contribution in [2.75, 3.05) is 4.90 Å². The average molecular weight is 746 g/mol. The molecule has 6 aliphatic rings. The largest absolute Gasteiger partial charge is 0.308 e. The van der Waals surface area contributed by atoms with Crippen LogP contribution >= 0.6 is 11.3 Å². The molecule has 0 atom stereocenters. The van der Waals surface area contributed by atoms with Crippen LogP contribution in [0.4, 0.5) is 17.1 Å². The van der Waals surface area contributed by atoms with Crippen LogP contribution in [0.2, 0.25) is 0 Å². The molecule has 0 amide bonds. The molecular formula is C54H51NS. The van der Waals surface area contributed by atoms with Crippen LogP contribution in [0.25, 0.3) is 42.4 Å². The Morgan fingerprint density at radius 2 is 1.12 bits per heavy atom. The lowest BCUT2D eigenvalue weighted by Gasteiger charge is -2.61. The summed E-state index contributed by atoms with van der Waals surface area (Å²) in [6.07, 6.45) is 9.50. The minimum atomic E-state index is 0.126. The van der Waals surface area contributed by atoms with Gasteiger partial charge in [0.15, 0.2) is 0 Å². The second kappa shape index (κ2) is 11.7. The molecule has 6 aromatic carbocycles. The summed E-state index contributed by atoms with van der Waals surface area (Å²) in [6.45, 7) is 9.78. The number of nitrogens with zero attached hydrogens (tertiary/aromatic N) is 1. The number of hydrogen-bond acceptors (Lipinski definition) is 2. The van der Waals surface area contributed by atoms with Gasteiger partial charge >= 0.3 is 0 Å². The highest BCUT2D eigenvalue weighted by Crippen LogP contribution is 2.70. The summed E-state index contributed by atoms with van der Waals surface area (Å²) in [5, 5.41) is 2.69. The van der Waals surface area contributed by atoms with Gasteiger partial charge in [0.25, 0.3) is 0 Å². The van der Waals surface area contributed by atoms with E-state index in [4.69, 9.17) is 0 Å². The van der Waals surface area contributed by atoms with Gasteiger partial charge in [-0.05, 0) is 149 Å². The third-order valence-electron chi connectivity index (χ3n) is 15.7. The minimum absolute atomic E-state index is 0.126. The molecule has 1 aromatic heterocycles. The zero-order valence-electron chi connectivity index (χ0n) is 33.2. The maximum absolute atomic E-state index is 2.64. The lowest BCUT2D eigenvalue weighted by atomic mass is 9.43. The van der Waals surface area contributed by atoms with Crippen molar-refractivity contribution in [2.24, 2.45) is 23.7 Å². The molecule has 7 aromatic rings. The van der Waals surface area contributed by atoms with E-state index in [9.17, 15) is 0 Å². The third-order valence-corrected chi connectivity index (χ3v) is 16.9. The summed E-state index contributed by atoms with van der Waals surface area (Å²) >= 11 is 1.94. The fraction of sp³-hybridized carbons (Fsp3) is 0.333. The van der Waals surface area contributed by atoms with Crippen LogP contribution in [-0.4, -0.2) is 0 Å². The molecule has 1 nitrogen and oxygen atoms in total. The molecule has 1 spiro atoms. The van der Waals surface area contributed by atoms with E-state index in [0.29, 0.717) is 0 Å². The smallest absolute Gasteiger partial charge is 0.0640 e. The molecule has 2 heteroatoms. The molecular weight excluding hydrogens is 695 g/mol. The van der Waals surface area contributed by atoms with Gasteiger partial charge in [-0.2, -0.15) is 0 Å². The zero-order valence-corrected chi connectivity index (χ0v) is 34.1. The topological polar surface area (TPSA) is 3.24 Å². The molecule has 0 unspecified atom stereocenters. The van der Waals surface area contributed by atoms with E-state index in [0.717, 1.165) is 23.7 Å². The van der Waals surface area contributed by atoms with Gasteiger partial charge in [0.05, 0.1) is 16.1 Å². The standard InChI is InChI=1S/C54H51NS/c1-52(2)26-27-53(3,4)50-39(14-9-18-45(50)52)35-22-24-38(25-23-35)55(47-20-10-15-41-40-12-6-8-21-48(40)56-51(41)47)46-19-11-17-44-49(46)42-13-5-7-16-43(42)54(44)36-29-33-28-34(31-36)32-37(54)30-33/h5-25,33-34,36-37H,26-32H2,1-4H3. The molecule has 4 fully saturated rings. The van der Waals surface area contributed by atoms with Crippen molar-refractivity contribution in [3.63, 3.8) is 0 Å². The monoisotopic (exact) mass is 745 g/mol. The van der Waals surface area contributed by atoms with Crippen molar-refractivity contribution in [3.05, 3.63) is 150 Å². The Labute approximate surface area is 336 Å². The number of rotatable bonds is 4. The van der Waals surface area contributed by atoms with Gasteiger partial charge in [-0.3, -0.25) is 0 Å². The van der Waals surface area contributed by atoms with Crippen molar-refractivity contribution in [3.8, 4) is 22.3 Å². The average Bonchev–Trinajstić information content (AvgIpc) is 3.74. The molecule has 0 radical (unpaired) electrons. The summed E-state index contributed by atoms with van der Waals surface area (Å²) in [5.41, 5.74) is 16.2. The third kappa shape index (κ3) is 4.48. The summed E-state index contributed by atoms with van der Waals surface area (Å²) < 4.78 is 2.70. The number of hydrogen-bond donors (Lipinski definition) is 0.